The fraction of sp³-hybridized carbons (Fsp3) is 0. The van der Waals surface area contributed by atoms with Crippen molar-refractivity contribution in [2.75, 3.05) is 0 Å². The highest BCUT2D eigenvalue weighted by Crippen LogP contribution is 2.73. The zero-order valence-corrected chi connectivity index (χ0v) is 8.93. The van der Waals surface area contributed by atoms with E-state index in [0.29, 0.717) is 0 Å². The summed E-state index contributed by atoms with van der Waals surface area (Å²) in [7, 11) is -1.90. The van der Waals surface area contributed by atoms with Crippen LogP contribution < -0.4 is 10.6 Å². The molecule has 3 rings (SSSR count). The first-order valence-electron chi connectivity index (χ1n) is 4.80. The van der Waals surface area contributed by atoms with Crippen molar-refractivity contribution in [3.05, 3.63) is 60.7 Å². The van der Waals surface area contributed by atoms with Gasteiger partial charge in [-0.25, -0.2) is 0 Å². The third kappa shape index (κ3) is 1.47. The Labute approximate surface area is 88.9 Å². The van der Waals surface area contributed by atoms with Crippen molar-refractivity contribution < 1.29 is 9.35 Å². The Kier molecular flexibility index (Phi) is 2.06. The second-order valence-corrected chi connectivity index (χ2v) is 5.81. The summed E-state index contributed by atoms with van der Waals surface area (Å²) < 4.78 is 10.6. The third-order valence-corrected chi connectivity index (χ3v) is 4.82. The molecule has 1 saturated heterocycles. The fourth-order valence-electron chi connectivity index (χ4n) is 1.60. The maximum atomic E-state index is 5.28. The minimum absolute atomic E-state index is 1.14. The second kappa shape index (κ2) is 3.42. The fourth-order valence-corrected chi connectivity index (χ4v) is 3.64. The van der Waals surface area contributed by atoms with Crippen LogP contribution >= 0.6 is 7.72 Å². The molecule has 0 atom stereocenters. The van der Waals surface area contributed by atoms with Crippen molar-refractivity contribution in [2.24, 2.45) is 0 Å². The SMILES string of the molecule is c1ccc([P+]2(c3ccccc3)OO2)cc1. The van der Waals surface area contributed by atoms with E-state index in [4.69, 9.17) is 9.35 Å². The van der Waals surface area contributed by atoms with Crippen LogP contribution in [-0.4, -0.2) is 0 Å². The molecule has 3 heteroatoms. The van der Waals surface area contributed by atoms with Crippen LogP contribution in [-0.2, 0) is 9.35 Å². The lowest BCUT2D eigenvalue weighted by Crippen LogP contribution is -2.11. The zero-order chi connectivity index (χ0) is 10.1. The van der Waals surface area contributed by atoms with Crippen molar-refractivity contribution in [3.8, 4) is 0 Å². The predicted octanol–water partition coefficient (Wildman–Crippen LogP) is 2.45. The van der Waals surface area contributed by atoms with Gasteiger partial charge in [-0.2, -0.15) is 0 Å². The lowest BCUT2D eigenvalue weighted by Gasteiger charge is -1.96. The first-order valence-corrected chi connectivity index (χ1v) is 6.43. The molecular weight excluding hydrogens is 207 g/mol. The standard InChI is InChI=1S/C12H10O2P/c1-3-7-11(8-4-1)15(13-14-15)12-9-5-2-6-10-12/h1-10H/q+1. The number of hydrogen-bond donors (Lipinski definition) is 0. The lowest BCUT2D eigenvalue weighted by molar-refractivity contribution is 0.0850. The molecule has 0 aromatic heterocycles. The topological polar surface area (TPSA) is 25.1 Å². The van der Waals surface area contributed by atoms with Crippen LogP contribution in [0.25, 0.3) is 0 Å². The minimum atomic E-state index is -1.90. The molecule has 0 aliphatic carbocycles. The van der Waals surface area contributed by atoms with E-state index in [1.165, 1.54) is 0 Å². The molecule has 1 heterocycles. The molecule has 74 valence electrons. The van der Waals surface area contributed by atoms with Crippen molar-refractivity contribution in [1.82, 2.24) is 0 Å². The van der Waals surface area contributed by atoms with Gasteiger partial charge in [-0.05, 0) is 24.3 Å². The van der Waals surface area contributed by atoms with Gasteiger partial charge in [0.15, 0.2) is 10.6 Å². The average molecular weight is 217 g/mol. The van der Waals surface area contributed by atoms with Crippen LogP contribution in [0.5, 0.6) is 0 Å². The van der Waals surface area contributed by atoms with E-state index in [1.807, 2.05) is 60.7 Å². The van der Waals surface area contributed by atoms with Crippen LogP contribution in [0.2, 0.25) is 0 Å². The number of rotatable bonds is 2. The van der Waals surface area contributed by atoms with Gasteiger partial charge >= 0.3 is 7.72 Å². The Morgan fingerprint density at radius 2 is 1.00 bits per heavy atom. The average Bonchev–Trinajstić information content (AvgIpc) is 3.13. The van der Waals surface area contributed by atoms with Gasteiger partial charge in [-0.15, -0.1) is 0 Å². The van der Waals surface area contributed by atoms with Gasteiger partial charge in [0.25, 0.3) is 0 Å². The summed E-state index contributed by atoms with van der Waals surface area (Å²) >= 11 is 0. The number of hydrogen-bond acceptors (Lipinski definition) is 2. The van der Waals surface area contributed by atoms with Crippen molar-refractivity contribution in [3.63, 3.8) is 0 Å². The highest BCUT2D eigenvalue weighted by atomic mass is 31.2. The molecule has 1 fully saturated rings. The van der Waals surface area contributed by atoms with Gasteiger partial charge in [0, 0.05) is 9.35 Å². The highest BCUT2D eigenvalue weighted by molar-refractivity contribution is 7.84. The van der Waals surface area contributed by atoms with Crippen LogP contribution in [0.15, 0.2) is 60.7 Å². The third-order valence-electron chi connectivity index (χ3n) is 2.42. The molecule has 2 aromatic rings. The minimum Gasteiger partial charge on any atom is -0.0620 e. The Balaban J connectivity index is 2.06. The summed E-state index contributed by atoms with van der Waals surface area (Å²) in [6.45, 7) is 0. The summed E-state index contributed by atoms with van der Waals surface area (Å²) in [4.78, 5) is 0. The monoisotopic (exact) mass is 217 g/mol. The van der Waals surface area contributed by atoms with Crippen LogP contribution in [0.4, 0.5) is 0 Å². The molecular formula is C12H10O2P+. The predicted molar refractivity (Wildman–Crippen MR) is 61.2 cm³/mol. The van der Waals surface area contributed by atoms with Crippen LogP contribution in [0, 0.1) is 0 Å². The van der Waals surface area contributed by atoms with Crippen LogP contribution in [0.1, 0.15) is 0 Å². The molecule has 0 N–H and O–H groups in total. The molecule has 2 aromatic carbocycles. The summed E-state index contributed by atoms with van der Waals surface area (Å²) in [5, 5.41) is 2.27. The highest BCUT2D eigenvalue weighted by Gasteiger charge is 2.67. The molecule has 0 radical (unpaired) electrons. The van der Waals surface area contributed by atoms with Gasteiger partial charge < -0.3 is 0 Å². The smallest absolute Gasteiger partial charge is 0.0620 e. The van der Waals surface area contributed by atoms with E-state index in [9.17, 15) is 0 Å². The Bertz CT molecular complexity index is 410. The van der Waals surface area contributed by atoms with E-state index < -0.39 is 7.72 Å². The molecule has 1 aliphatic rings. The van der Waals surface area contributed by atoms with Crippen molar-refractivity contribution in [2.45, 2.75) is 0 Å². The molecule has 0 bridgehead atoms. The van der Waals surface area contributed by atoms with E-state index in [-0.39, 0.29) is 0 Å². The summed E-state index contributed by atoms with van der Waals surface area (Å²) in [6.07, 6.45) is 0. The van der Waals surface area contributed by atoms with E-state index in [2.05, 4.69) is 0 Å². The molecule has 0 amide bonds. The molecule has 2 nitrogen and oxygen atoms in total. The lowest BCUT2D eigenvalue weighted by atomic mass is 10.4. The first-order chi connectivity index (χ1) is 7.42. The van der Waals surface area contributed by atoms with Gasteiger partial charge in [-0.1, -0.05) is 36.4 Å². The maximum absolute atomic E-state index is 5.28. The largest absolute Gasteiger partial charge is 0.430 e. The molecule has 1 aliphatic heterocycles. The van der Waals surface area contributed by atoms with E-state index >= 15 is 0 Å². The van der Waals surface area contributed by atoms with Gasteiger partial charge in [0.1, 0.15) is 0 Å². The molecule has 0 spiro atoms. The first kappa shape index (κ1) is 9.05. The van der Waals surface area contributed by atoms with E-state index in [0.717, 1.165) is 10.6 Å². The summed E-state index contributed by atoms with van der Waals surface area (Å²) in [5.41, 5.74) is 0. The Hall–Kier alpha value is -1.21. The zero-order valence-electron chi connectivity index (χ0n) is 8.04. The van der Waals surface area contributed by atoms with Gasteiger partial charge in [-0.3, -0.25) is 0 Å². The molecule has 15 heavy (non-hydrogen) atoms. The summed E-state index contributed by atoms with van der Waals surface area (Å²) in [5.74, 6) is 0. The van der Waals surface area contributed by atoms with Crippen molar-refractivity contribution in [1.29, 1.82) is 0 Å². The van der Waals surface area contributed by atoms with Gasteiger partial charge in [0.2, 0.25) is 0 Å². The van der Waals surface area contributed by atoms with Crippen molar-refractivity contribution >= 4 is 18.3 Å². The normalized spacial score (nSPS) is 17.3. The second-order valence-electron chi connectivity index (χ2n) is 3.37. The quantitative estimate of drug-likeness (QED) is 0.438. The number of benzene rings is 2. The Morgan fingerprint density at radius 1 is 0.600 bits per heavy atom. The Morgan fingerprint density at radius 3 is 1.33 bits per heavy atom. The maximum Gasteiger partial charge on any atom is 0.430 e. The van der Waals surface area contributed by atoms with Crippen LogP contribution in [0.3, 0.4) is 0 Å². The van der Waals surface area contributed by atoms with E-state index in [1.54, 1.807) is 0 Å². The molecule has 0 saturated carbocycles. The van der Waals surface area contributed by atoms with Gasteiger partial charge in [0.05, 0.1) is 0 Å². The molecule has 0 unspecified atom stereocenters. The summed E-state index contributed by atoms with van der Waals surface area (Å²) in [6, 6.07) is 20.2.